The fourth-order valence-electron chi connectivity index (χ4n) is 3.73. The number of fused-ring (bicyclic) bond motifs is 1. The summed E-state index contributed by atoms with van der Waals surface area (Å²) >= 11 is 0. The first-order valence-corrected chi connectivity index (χ1v) is 8.45. The molecule has 1 saturated heterocycles. The largest absolute Gasteiger partial charge is 0.497 e. The van der Waals surface area contributed by atoms with Crippen molar-refractivity contribution >= 4 is 5.91 Å². The molecule has 2 aromatic carbocycles. The molecule has 2 unspecified atom stereocenters. The Hall–Kier alpha value is -2.49. The molecule has 2 aliphatic heterocycles. The summed E-state index contributed by atoms with van der Waals surface area (Å²) < 4.78 is 11.2. The fraction of sp³-hybridized carbons (Fsp3) is 0.350. The maximum Gasteiger partial charge on any atom is 0.264 e. The molecule has 4 heteroatoms. The Morgan fingerprint density at radius 3 is 2.92 bits per heavy atom. The summed E-state index contributed by atoms with van der Waals surface area (Å²) in [5.41, 5.74) is 2.25. The van der Waals surface area contributed by atoms with Crippen LogP contribution >= 0.6 is 0 Å². The van der Waals surface area contributed by atoms with Gasteiger partial charge in [-0.15, -0.1) is 0 Å². The second kappa shape index (κ2) is 6.19. The van der Waals surface area contributed by atoms with Crippen molar-refractivity contribution < 1.29 is 14.3 Å². The summed E-state index contributed by atoms with van der Waals surface area (Å²) in [6.45, 7) is 0.789. The van der Waals surface area contributed by atoms with Crippen molar-refractivity contribution in [3.63, 3.8) is 0 Å². The number of benzene rings is 2. The van der Waals surface area contributed by atoms with Gasteiger partial charge in [0.1, 0.15) is 11.5 Å². The molecule has 0 N–H and O–H groups in total. The molecule has 0 radical (unpaired) electrons. The predicted molar refractivity (Wildman–Crippen MR) is 91.2 cm³/mol. The number of carbonyl (C=O) groups excluding carboxylic acids is 1. The molecule has 0 spiro atoms. The van der Waals surface area contributed by atoms with E-state index in [1.807, 2.05) is 47.4 Å². The highest BCUT2D eigenvalue weighted by Gasteiger charge is 2.37. The SMILES string of the molecule is COc1cccc(C2CCCN2C(=O)C2Cc3ccccc3O2)c1. The van der Waals surface area contributed by atoms with Gasteiger partial charge in [0.05, 0.1) is 13.2 Å². The number of carbonyl (C=O) groups is 1. The van der Waals surface area contributed by atoms with Crippen molar-refractivity contribution in [1.82, 2.24) is 4.90 Å². The summed E-state index contributed by atoms with van der Waals surface area (Å²) in [5.74, 6) is 1.76. The van der Waals surface area contributed by atoms with Gasteiger partial charge >= 0.3 is 0 Å². The van der Waals surface area contributed by atoms with Crippen LogP contribution in [-0.2, 0) is 11.2 Å². The molecule has 1 fully saturated rings. The van der Waals surface area contributed by atoms with E-state index in [0.29, 0.717) is 6.42 Å². The monoisotopic (exact) mass is 323 g/mol. The van der Waals surface area contributed by atoms with Gasteiger partial charge in [-0.3, -0.25) is 4.79 Å². The van der Waals surface area contributed by atoms with Crippen LogP contribution in [0.3, 0.4) is 0 Å². The Bertz CT molecular complexity index is 733. The Kier molecular flexibility index (Phi) is 3.89. The number of ether oxygens (including phenoxy) is 2. The van der Waals surface area contributed by atoms with E-state index in [0.717, 1.165) is 42.0 Å². The van der Waals surface area contributed by atoms with Gasteiger partial charge in [-0.05, 0) is 42.2 Å². The van der Waals surface area contributed by atoms with Gasteiger partial charge in [0.25, 0.3) is 5.91 Å². The molecule has 4 rings (SSSR count). The topological polar surface area (TPSA) is 38.8 Å². The lowest BCUT2D eigenvalue weighted by atomic mass is 10.0. The van der Waals surface area contributed by atoms with E-state index in [4.69, 9.17) is 9.47 Å². The Morgan fingerprint density at radius 2 is 2.08 bits per heavy atom. The van der Waals surface area contributed by atoms with Gasteiger partial charge in [0.15, 0.2) is 6.10 Å². The molecule has 2 aromatic rings. The van der Waals surface area contributed by atoms with Gasteiger partial charge in [-0.1, -0.05) is 30.3 Å². The Morgan fingerprint density at radius 1 is 1.21 bits per heavy atom. The zero-order chi connectivity index (χ0) is 16.5. The maximum atomic E-state index is 13.0. The number of amides is 1. The molecule has 0 aromatic heterocycles. The summed E-state index contributed by atoms with van der Waals surface area (Å²) in [6, 6.07) is 16.0. The van der Waals surface area contributed by atoms with Crippen LogP contribution in [0.4, 0.5) is 0 Å². The Balaban J connectivity index is 1.54. The second-order valence-corrected chi connectivity index (χ2v) is 6.38. The van der Waals surface area contributed by atoms with Gasteiger partial charge in [-0.2, -0.15) is 0 Å². The number of likely N-dealkylation sites (tertiary alicyclic amines) is 1. The zero-order valence-corrected chi connectivity index (χ0v) is 13.8. The minimum atomic E-state index is -0.395. The maximum absolute atomic E-state index is 13.0. The van der Waals surface area contributed by atoms with E-state index in [-0.39, 0.29) is 11.9 Å². The summed E-state index contributed by atoms with van der Waals surface area (Å²) in [4.78, 5) is 15.0. The molecule has 1 amide bonds. The summed E-state index contributed by atoms with van der Waals surface area (Å²) in [7, 11) is 1.67. The highest BCUT2D eigenvalue weighted by molar-refractivity contribution is 5.83. The van der Waals surface area contributed by atoms with Crippen LogP contribution in [0.15, 0.2) is 48.5 Å². The van der Waals surface area contributed by atoms with Crippen LogP contribution in [0.5, 0.6) is 11.5 Å². The molecule has 0 aliphatic carbocycles. The minimum absolute atomic E-state index is 0.0940. The third-order valence-electron chi connectivity index (χ3n) is 4.94. The van der Waals surface area contributed by atoms with E-state index in [1.165, 1.54) is 0 Å². The number of methoxy groups -OCH3 is 1. The van der Waals surface area contributed by atoms with Crippen LogP contribution in [0.25, 0.3) is 0 Å². The van der Waals surface area contributed by atoms with Crippen molar-refractivity contribution in [3.8, 4) is 11.5 Å². The molecule has 124 valence electrons. The number of hydrogen-bond donors (Lipinski definition) is 0. The standard InChI is InChI=1S/C20H21NO3/c1-23-16-8-4-7-14(12-16)17-9-5-11-21(17)20(22)19-13-15-6-2-3-10-18(15)24-19/h2-4,6-8,10,12,17,19H,5,9,11,13H2,1H3. The van der Waals surface area contributed by atoms with Crippen LogP contribution < -0.4 is 9.47 Å². The lowest BCUT2D eigenvalue weighted by molar-refractivity contribution is -0.138. The average molecular weight is 323 g/mol. The number of para-hydroxylation sites is 1. The molecule has 0 bridgehead atoms. The van der Waals surface area contributed by atoms with E-state index in [9.17, 15) is 4.79 Å². The average Bonchev–Trinajstić information content (AvgIpc) is 3.28. The molecule has 0 saturated carbocycles. The normalized spacial score (nSPS) is 22.1. The molecular formula is C20H21NO3. The molecule has 2 atom stereocenters. The van der Waals surface area contributed by atoms with Gasteiger partial charge in [0.2, 0.25) is 0 Å². The third kappa shape index (κ3) is 2.62. The highest BCUT2D eigenvalue weighted by Crippen LogP contribution is 2.36. The quantitative estimate of drug-likeness (QED) is 0.869. The second-order valence-electron chi connectivity index (χ2n) is 6.38. The summed E-state index contributed by atoms with van der Waals surface area (Å²) in [6.07, 6.45) is 2.27. The fourth-order valence-corrected chi connectivity index (χ4v) is 3.73. The lowest BCUT2D eigenvalue weighted by Crippen LogP contribution is -2.40. The number of nitrogens with zero attached hydrogens (tertiary/aromatic N) is 1. The van der Waals surface area contributed by atoms with Crippen molar-refractivity contribution in [2.45, 2.75) is 31.4 Å². The highest BCUT2D eigenvalue weighted by atomic mass is 16.5. The van der Waals surface area contributed by atoms with Crippen LogP contribution in [0.2, 0.25) is 0 Å². The van der Waals surface area contributed by atoms with E-state index >= 15 is 0 Å². The summed E-state index contributed by atoms with van der Waals surface area (Å²) in [5, 5.41) is 0. The van der Waals surface area contributed by atoms with E-state index < -0.39 is 6.10 Å². The molecule has 2 heterocycles. The lowest BCUT2D eigenvalue weighted by Gasteiger charge is -2.27. The van der Waals surface area contributed by atoms with Crippen molar-refractivity contribution in [2.75, 3.05) is 13.7 Å². The third-order valence-corrected chi connectivity index (χ3v) is 4.94. The zero-order valence-electron chi connectivity index (χ0n) is 13.8. The molecule has 4 nitrogen and oxygen atoms in total. The first-order chi connectivity index (χ1) is 11.8. The van der Waals surface area contributed by atoms with Crippen molar-refractivity contribution in [1.29, 1.82) is 0 Å². The first kappa shape index (κ1) is 15.1. The van der Waals surface area contributed by atoms with Crippen LogP contribution in [-0.4, -0.2) is 30.6 Å². The van der Waals surface area contributed by atoms with Gasteiger partial charge in [0, 0.05) is 13.0 Å². The van der Waals surface area contributed by atoms with E-state index in [2.05, 4.69) is 6.07 Å². The van der Waals surface area contributed by atoms with Crippen LogP contribution in [0.1, 0.15) is 30.0 Å². The number of rotatable bonds is 3. The van der Waals surface area contributed by atoms with Crippen molar-refractivity contribution in [2.24, 2.45) is 0 Å². The Labute approximate surface area is 142 Å². The van der Waals surface area contributed by atoms with Gasteiger partial charge < -0.3 is 14.4 Å². The molecule has 2 aliphatic rings. The van der Waals surface area contributed by atoms with Crippen LogP contribution in [0, 0.1) is 0 Å². The molecule has 24 heavy (non-hydrogen) atoms. The predicted octanol–water partition coefficient (Wildman–Crippen LogP) is 3.36. The van der Waals surface area contributed by atoms with E-state index in [1.54, 1.807) is 7.11 Å². The minimum Gasteiger partial charge on any atom is -0.497 e. The molecular weight excluding hydrogens is 302 g/mol. The van der Waals surface area contributed by atoms with Gasteiger partial charge in [-0.25, -0.2) is 0 Å². The smallest absolute Gasteiger partial charge is 0.264 e. The van der Waals surface area contributed by atoms with Crippen molar-refractivity contribution in [3.05, 3.63) is 59.7 Å². The number of hydrogen-bond acceptors (Lipinski definition) is 3. The first-order valence-electron chi connectivity index (χ1n) is 8.45.